The van der Waals surface area contributed by atoms with Crippen LogP contribution in [0.3, 0.4) is 0 Å². The van der Waals surface area contributed by atoms with E-state index in [0.29, 0.717) is 0 Å². The molecule has 1 aliphatic rings. The monoisotopic (exact) mass is 234 g/mol. The van der Waals surface area contributed by atoms with Gasteiger partial charge in [-0.25, -0.2) is 0 Å². The van der Waals surface area contributed by atoms with E-state index < -0.39 is 0 Å². The average Bonchev–Trinajstić information content (AvgIpc) is 2.39. The number of fused-ring (bicyclic) bond motifs is 2. The van der Waals surface area contributed by atoms with E-state index in [2.05, 4.69) is 12.6 Å². The van der Waals surface area contributed by atoms with Crippen molar-refractivity contribution in [2.75, 3.05) is 0 Å². The molecule has 0 saturated heterocycles. The molecule has 1 nitrogen and oxygen atoms in total. The summed E-state index contributed by atoms with van der Waals surface area (Å²) < 4.78 is 0. The van der Waals surface area contributed by atoms with Gasteiger partial charge < -0.3 is 0 Å². The van der Waals surface area contributed by atoms with Crippen molar-refractivity contribution in [2.45, 2.75) is 12.8 Å². The van der Waals surface area contributed by atoms with Gasteiger partial charge in [-0.15, -0.1) is 6.58 Å². The maximum absolute atomic E-state index is 12.4. The molecule has 1 aliphatic carbocycles. The highest BCUT2D eigenvalue weighted by atomic mass is 16.1. The van der Waals surface area contributed by atoms with Crippen LogP contribution in [0.2, 0.25) is 0 Å². The predicted molar refractivity (Wildman–Crippen MR) is 73.0 cm³/mol. The topological polar surface area (TPSA) is 17.1 Å². The summed E-state index contributed by atoms with van der Waals surface area (Å²) in [6.07, 6.45) is 3.59. The van der Waals surface area contributed by atoms with Gasteiger partial charge in [-0.1, -0.05) is 48.5 Å². The van der Waals surface area contributed by atoms with Gasteiger partial charge in [0.05, 0.1) is 0 Å². The Morgan fingerprint density at radius 1 is 1.06 bits per heavy atom. The number of carbonyl (C=O) groups is 1. The molecule has 3 rings (SSSR count). The van der Waals surface area contributed by atoms with E-state index in [1.54, 1.807) is 0 Å². The van der Waals surface area contributed by atoms with Crippen LogP contribution in [0.4, 0.5) is 0 Å². The third kappa shape index (κ3) is 1.68. The first kappa shape index (κ1) is 11.0. The molecule has 0 radical (unpaired) electrons. The standard InChI is InChI=1S/C17H14O/c1-2-5-12-8-9-16-14(10-12)11-13-6-3-4-7-15(13)17(16)18/h2-4,6-10H,1,5,11H2. The van der Waals surface area contributed by atoms with Crippen molar-refractivity contribution in [3.63, 3.8) is 0 Å². The van der Waals surface area contributed by atoms with Gasteiger partial charge >= 0.3 is 0 Å². The minimum Gasteiger partial charge on any atom is -0.289 e. The molecule has 0 atom stereocenters. The molecular formula is C17H14O. The molecule has 0 amide bonds. The molecule has 0 bridgehead atoms. The highest BCUT2D eigenvalue weighted by Gasteiger charge is 2.22. The van der Waals surface area contributed by atoms with Gasteiger partial charge in [0, 0.05) is 11.1 Å². The van der Waals surface area contributed by atoms with Crippen LogP contribution in [0.25, 0.3) is 0 Å². The van der Waals surface area contributed by atoms with Gasteiger partial charge in [0.2, 0.25) is 0 Å². The summed E-state index contributed by atoms with van der Waals surface area (Å²) in [6, 6.07) is 14.0. The van der Waals surface area contributed by atoms with Gasteiger partial charge in [0.15, 0.2) is 5.78 Å². The van der Waals surface area contributed by atoms with E-state index >= 15 is 0 Å². The van der Waals surface area contributed by atoms with Crippen molar-refractivity contribution < 1.29 is 4.79 Å². The molecule has 88 valence electrons. The van der Waals surface area contributed by atoms with Crippen molar-refractivity contribution in [3.05, 3.63) is 82.9 Å². The number of hydrogen-bond acceptors (Lipinski definition) is 1. The number of allylic oxidation sites excluding steroid dienone is 1. The molecule has 0 heterocycles. The molecule has 1 heteroatoms. The van der Waals surface area contributed by atoms with Gasteiger partial charge in [-0.05, 0) is 29.5 Å². The smallest absolute Gasteiger partial charge is 0.193 e. The van der Waals surface area contributed by atoms with Gasteiger partial charge in [0.1, 0.15) is 0 Å². The summed E-state index contributed by atoms with van der Waals surface area (Å²) in [5.74, 6) is 0.150. The molecule has 0 aliphatic heterocycles. The predicted octanol–water partition coefficient (Wildman–Crippen LogP) is 3.55. The molecule has 0 N–H and O–H groups in total. The van der Waals surface area contributed by atoms with Gasteiger partial charge in [0.25, 0.3) is 0 Å². The van der Waals surface area contributed by atoms with Crippen molar-refractivity contribution in [2.24, 2.45) is 0 Å². The summed E-state index contributed by atoms with van der Waals surface area (Å²) in [7, 11) is 0. The Balaban J connectivity index is 2.10. The van der Waals surface area contributed by atoms with Crippen LogP contribution in [-0.2, 0) is 12.8 Å². The normalized spacial score (nSPS) is 12.8. The van der Waals surface area contributed by atoms with E-state index in [9.17, 15) is 4.79 Å². The minimum atomic E-state index is 0.150. The lowest BCUT2D eigenvalue weighted by Gasteiger charge is -2.18. The van der Waals surface area contributed by atoms with Crippen LogP contribution in [-0.4, -0.2) is 5.78 Å². The largest absolute Gasteiger partial charge is 0.289 e. The summed E-state index contributed by atoms with van der Waals surface area (Å²) in [5, 5.41) is 0. The third-order valence-electron chi connectivity index (χ3n) is 3.44. The zero-order valence-electron chi connectivity index (χ0n) is 10.1. The van der Waals surface area contributed by atoms with Gasteiger partial charge in [-0.3, -0.25) is 4.79 Å². The summed E-state index contributed by atoms with van der Waals surface area (Å²) in [6.45, 7) is 3.75. The fraction of sp³-hybridized carbons (Fsp3) is 0.118. The Hall–Kier alpha value is -2.15. The Morgan fingerprint density at radius 2 is 1.83 bits per heavy atom. The number of carbonyl (C=O) groups excluding carboxylic acids is 1. The van der Waals surface area contributed by atoms with Crippen molar-refractivity contribution in [1.29, 1.82) is 0 Å². The Labute approximate surface area is 107 Å². The first-order valence-electron chi connectivity index (χ1n) is 6.15. The zero-order valence-corrected chi connectivity index (χ0v) is 10.1. The van der Waals surface area contributed by atoms with Crippen LogP contribution in [0, 0.1) is 0 Å². The number of rotatable bonds is 2. The fourth-order valence-electron chi connectivity index (χ4n) is 2.55. The molecule has 0 unspecified atom stereocenters. The fourth-order valence-corrected chi connectivity index (χ4v) is 2.55. The second-order valence-electron chi connectivity index (χ2n) is 4.65. The number of ketones is 1. The molecule has 0 aromatic heterocycles. The average molecular weight is 234 g/mol. The summed E-state index contributed by atoms with van der Waals surface area (Å²) >= 11 is 0. The van der Waals surface area contributed by atoms with Crippen LogP contribution >= 0.6 is 0 Å². The lowest BCUT2D eigenvalue weighted by Crippen LogP contribution is -2.15. The van der Waals surface area contributed by atoms with Crippen LogP contribution in [0.1, 0.15) is 32.6 Å². The van der Waals surface area contributed by atoms with Crippen LogP contribution < -0.4 is 0 Å². The third-order valence-corrected chi connectivity index (χ3v) is 3.44. The van der Waals surface area contributed by atoms with E-state index in [4.69, 9.17) is 0 Å². The second kappa shape index (κ2) is 4.26. The minimum absolute atomic E-state index is 0.150. The van der Waals surface area contributed by atoms with E-state index in [0.717, 1.165) is 35.1 Å². The van der Waals surface area contributed by atoms with Crippen molar-refractivity contribution in [3.8, 4) is 0 Å². The molecule has 0 saturated carbocycles. The highest BCUT2D eigenvalue weighted by molar-refractivity contribution is 6.12. The summed E-state index contributed by atoms with van der Waals surface area (Å²) in [4.78, 5) is 12.4. The van der Waals surface area contributed by atoms with Crippen molar-refractivity contribution in [1.82, 2.24) is 0 Å². The first-order chi connectivity index (χ1) is 8.79. The van der Waals surface area contributed by atoms with E-state index in [-0.39, 0.29) is 5.78 Å². The molecule has 18 heavy (non-hydrogen) atoms. The number of hydrogen-bond donors (Lipinski definition) is 0. The Morgan fingerprint density at radius 3 is 2.67 bits per heavy atom. The number of benzene rings is 2. The second-order valence-corrected chi connectivity index (χ2v) is 4.65. The Kier molecular flexibility index (Phi) is 2.60. The maximum atomic E-state index is 12.4. The highest BCUT2D eigenvalue weighted by Crippen LogP contribution is 2.27. The molecule has 2 aromatic carbocycles. The molecular weight excluding hydrogens is 220 g/mol. The SMILES string of the molecule is C=CCc1ccc2c(c1)Cc1ccccc1C2=O. The van der Waals surface area contributed by atoms with E-state index in [1.807, 2.05) is 42.5 Å². The first-order valence-corrected chi connectivity index (χ1v) is 6.15. The Bertz CT molecular complexity index is 638. The molecule has 2 aromatic rings. The van der Waals surface area contributed by atoms with Gasteiger partial charge in [-0.2, -0.15) is 0 Å². The van der Waals surface area contributed by atoms with Crippen LogP contribution in [0.15, 0.2) is 55.1 Å². The van der Waals surface area contributed by atoms with E-state index in [1.165, 1.54) is 5.56 Å². The maximum Gasteiger partial charge on any atom is 0.193 e. The molecule has 0 spiro atoms. The molecule has 0 fully saturated rings. The van der Waals surface area contributed by atoms with Crippen LogP contribution in [0.5, 0.6) is 0 Å². The van der Waals surface area contributed by atoms with Crippen molar-refractivity contribution >= 4 is 5.78 Å². The lowest BCUT2D eigenvalue weighted by molar-refractivity contribution is 0.103. The zero-order chi connectivity index (χ0) is 12.5. The quantitative estimate of drug-likeness (QED) is 0.620. The summed E-state index contributed by atoms with van der Waals surface area (Å²) in [5.41, 5.74) is 5.18. The lowest BCUT2D eigenvalue weighted by atomic mass is 9.84.